The third-order valence-corrected chi connectivity index (χ3v) is 7.02. The number of primary amides is 1. The summed E-state index contributed by atoms with van der Waals surface area (Å²) in [5, 5.41) is 5.22. The average molecular weight is 542 g/mol. The Morgan fingerprint density at radius 3 is 2.08 bits per heavy atom. The maximum Gasteiger partial charge on any atom is 0.255 e. The minimum atomic E-state index is -0.584. The Bertz CT molecular complexity index is 1480. The number of amides is 3. The van der Waals surface area contributed by atoms with Gasteiger partial charge in [0.1, 0.15) is 5.25 Å². The monoisotopic (exact) mass is 541 g/mol. The number of nitrogens with two attached hydrogens (primary N) is 1. The van der Waals surface area contributed by atoms with Crippen LogP contribution in [0.15, 0.2) is 102 Å². The molecule has 0 radical (unpaired) electrons. The van der Waals surface area contributed by atoms with Gasteiger partial charge in [-0.15, -0.1) is 11.8 Å². The molecule has 8 nitrogen and oxygen atoms in total. The van der Waals surface area contributed by atoms with Gasteiger partial charge in [-0.25, -0.2) is 0 Å². The highest BCUT2D eigenvalue weighted by Crippen LogP contribution is 2.37. The lowest BCUT2D eigenvalue weighted by molar-refractivity contribution is -0.115. The molecule has 1 atom stereocenters. The molecule has 0 aromatic heterocycles. The Morgan fingerprint density at radius 2 is 1.41 bits per heavy atom. The second-order valence-electron chi connectivity index (χ2n) is 8.39. The molecular weight excluding hydrogens is 514 g/mol. The molecule has 0 heterocycles. The molecule has 3 amide bonds. The van der Waals surface area contributed by atoms with Crippen LogP contribution in [0.5, 0.6) is 11.5 Å². The summed E-state index contributed by atoms with van der Waals surface area (Å²) in [6.07, 6.45) is 0. The first kappa shape index (κ1) is 27.3. The lowest BCUT2D eigenvalue weighted by atomic mass is 10.1. The summed E-state index contributed by atoms with van der Waals surface area (Å²) in [4.78, 5) is 38.4. The van der Waals surface area contributed by atoms with Crippen molar-refractivity contribution in [3.63, 3.8) is 0 Å². The molecule has 0 saturated heterocycles. The lowest BCUT2D eigenvalue weighted by Crippen LogP contribution is -2.19. The number of methoxy groups -OCH3 is 2. The molecule has 4 aromatic carbocycles. The smallest absolute Gasteiger partial charge is 0.255 e. The number of anilines is 2. The zero-order valence-corrected chi connectivity index (χ0v) is 22.2. The van der Waals surface area contributed by atoms with E-state index in [9.17, 15) is 14.4 Å². The standard InChI is InChI=1S/C30H27N3O5S/c1-37-25-16-13-21(17-26(25)38-2)29(35)33-23-9-6-10-24(18-23)39-27(19-7-4-3-5-8-19)30(36)32-22-14-11-20(12-15-22)28(31)34/h3-18,27H,1-2H3,(H2,31,34)(H,32,36)(H,33,35). The Hall–Kier alpha value is -4.76. The number of ether oxygens (including phenoxy) is 2. The summed E-state index contributed by atoms with van der Waals surface area (Å²) in [6.45, 7) is 0. The number of hydrogen-bond acceptors (Lipinski definition) is 6. The van der Waals surface area contributed by atoms with Crippen LogP contribution in [0.1, 0.15) is 31.5 Å². The summed E-state index contributed by atoms with van der Waals surface area (Å²) < 4.78 is 10.5. The molecule has 39 heavy (non-hydrogen) atoms. The molecule has 0 bridgehead atoms. The third-order valence-electron chi connectivity index (χ3n) is 5.77. The second kappa shape index (κ2) is 12.7. The molecule has 0 aliphatic carbocycles. The highest BCUT2D eigenvalue weighted by atomic mass is 32.2. The molecule has 1 unspecified atom stereocenters. The number of benzene rings is 4. The zero-order chi connectivity index (χ0) is 27.8. The van der Waals surface area contributed by atoms with Gasteiger partial charge < -0.3 is 25.8 Å². The fourth-order valence-corrected chi connectivity index (χ4v) is 4.87. The first-order chi connectivity index (χ1) is 18.9. The topological polar surface area (TPSA) is 120 Å². The summed E-state index contributed by atoms with van der Waals surface area (Å²) in [7, 11) is 3.04. The minimum Gasteiger partial charge on any atom is -0.493 e. The number of hydrogen-bond donors (Lipinski definition) is 3. The predicted molar refractivity (Wildman–Crippen MR) is 153 cm³/mol. The molecular formula is C30H27N3O5S. The molecule has 0 fully saturated rings. The van der Waals surface area contributed by atoms with E-state index < -0.39 is 11.2 Å². The number of rotatable bonds is 10. The predicted octanol–water partition coefficient (Wildman–Crippen LogP) is 5.53. The van der Waals surface area contributed by atoms with Crippen molar-refractivity contribution in [2.45, 2.75) is 10.1 Å². The van der Waals surface area contributed by atoms with Gasteiger partial charge in [0.15, 0.2) is 11.5 Å². The summed E-state index contributed by atoms with van der Waals surface area (Å²) in [6, 6.07) is 28.0. The maximum atomic E-state index is 13.4. The quantitative estimate of drug-likeness (QED) is 0.227. The van der Waals surface area contributed by atoms with Gasteiger partial charge in [0.05, 0.1) is 14.2 Å². The molecule has 9 heteroatoms. The Morgan fingerprint density at radius 1 is 0.718 bits per heavy atom. The molecule has 198 valence electrons. The van der Waals surface area contributed by atoms with Crippen LogP contribution in [0.3, 0.4) is 0 Å². The average Bonchev–Trinajstić information content (AvgIpc) is 2.96. The van der Waals surface area contributed by atoms with Crippen molar-refractivity contribution in [3.05, 3.63) is 114 Å². The molecule has 0 saturated carbocycles. The summed E-state index contributed by atoms with van der Waals surface area (Å²) in [5.74, 6) is -0.103. The Balaban J connectivity index is 1.52. The van der Waals surface area contributed by atoms with E-state index >= 15 is 0 Å². The van der Waals surface area contributed by atoms with E-state index in [0.717, 1.165) is 10.5 Å². The van der Waals surface area contributed by atoms with Gasteiger partial charge in [-0.2, -0.15) is 0 Å². The number of carbonyl (C=O) groups excluding carboxylic acids is 3. The van der Waals surface area contributed by atoms with Crippen LogP contribution in [0.25, 0.3) is 0 Å². The second-order valence-corrected chi connectivity index (χ2v) is 9.57. The van der Waals surface area contributed by atoms with Gasteiger partial charge in [0.2, 0.25) is 11.8 Å². The van der Waals surface area contributed by atoms with Gasteiger partial charge >= 0.3 is 0 Å². The van der Waals surface area contributed by atoms with Gasteiger partial charge in [0.25, 0.3) is 5.91 Å². The van der Waals surface area contributed by atoms with E-state index in [1.54, 1.807) is 48.5 Å². The third kappa shape index (κ3) is 6.97. The normalized spacial score (nSPS) is 11.2. The fraction of sp³-hybridized carbons (Fsp3) is 0.100. The summed E-state index contributed by atoms with van der Waals surface area (Å²) in [5.41, 5.74) is 8.01. The van der Waals surface area contributed by atoms with Crippen LogP contribution in [-0.4, -0.2) is 31.9 Å². The summed E-state index contributed by atoms with van der Waals surface area (Å²) >= 11 is 1.35. The zero-order valence-electron chi connectivity index (χ0n) is 21.3. The minimum absolute atomic E-state index is 0.238. The van der Waals surface area contributed by atoms with E-state index in [4.69, 9.17) is 15.2 Å². The van der Waals surface area contributed by atoms with Crippen molar-refractivity contribution >= 4 is 40.9 Å². The van der Waals surface area contributed by atoms with Crippen molar-refractivity contribution in [1.82, 2.24) is 0 Å². The van der Waals surface area contributed by atoms with Crippen molar-refractivity contribution in [3.8, 4) is 11.5 Å². The van der Waals surface area contributed by atoms with Crippen LogP contribution >= 0.6 is 11.8 Å². The van der Waals surface area contributed by atoms with Crippen LogP contribution in [0, 0.1) is 0 Å². The molecule has 4 aromatic rings. The SMILES string of the molecule is COc1ccc(C(=O)Nc2cccc(SC(C(=O)Nc3ccc(C(N)=O)cc3)c3ccccc3)c2)cc1OC. The van der Waals surface area contributed by atoms with Crippen LogP contribution in [0.4, 0.5) is 11.4 Å². The van der Waals surface area contributed by atoms with Gasteiger partial charge in [0, 0.05) is 27.4 Å². The molecule has 0 aliphatic rings. The van der Waals surface area contributed by atoms with Gasteiger partial charge in [-0.3, -0.25) is 14.4 Å². The van der Waals surface area contributed by atoms with Gasteiger partial charge in [-0.05, 0) is 66.2 Å². The molecule has 4 rings (SSSR count). The molecule has 0 aliphatic heterocycles. The number of nitrogens with one attached hydrogen (secondary N) is 2. The van der Waals surface area contributed by atoms with E-state index in [0.29, 0.717) is 34.0 Å². The van der Waals surface area contributed by atoms with Crippen molar-refractivity contribution < 1.29 is 23.9 Å². The van der Waals surface area contributed by atoms with Crippen molar-refractivity contribution in [2.75, 3.05) is 24.9 Å². The van der Waals surface area contributed by atoms with Crippen molar-refractivity contribution in [1.29, 1.82) is 0 Å². The fourth-order valence-electron chi connectivity index (χ4n) is 3.79. The van der Waals surface area contributed by atoms with Crippen molar-refractivity contribution in [2.24, 2.45) is 5.73 Å². The van der Waals surface area contributed by atoms with E-state index in [1.165, 1.54) is 26.0 Å². The molecule has 0 spiro atoms. The van der Waals surface area contributed by atoms with E-state index in [-0.39, 0.29) is 11.8 Å². The maximum absolute atomic E-state index is 13.4. The van der Waals surface area contributed by atoms with Gasteiger partial charge in [-0.1, -0.05) is 36.4 Å². The number of carbonyl (C=O) groups is 3. The van der Waals surface area contributed by atoms with Crippen LogP contribution in [-0.2, 0) is 4.79 Å². The van der Waals surface area contributed by atoms with Crippen LogP contribution < -0.4 is 25.8 Å². The Labute approximate surface area is 230 Å². The number of thioether (sulfide) groups is 1. The van der Waals surface area contributed by atoms with E-state index in [1.807, 2.05) is 48.5 Å². The van der Waals surface area contributed by atoms with Crippen LogP contribution in [0.2, 0.25) is 0 Å². The first-order valence-corrected chi connectivity index (χ1v) is 12.8. The highest BCUT2D eigenvalue weighted by Gasteiger charge is 2.23. The highest BCUT2D eigenvalue weighted by molar-refractivity contribution is 8.00. The largest absolute Gasteiger partial charge is 0.493 e. The van der Waals surface area contributed by atoms with E-state index in [2.05, 4.69) is 10.6 Å². The Kier molecular flexibility index (Phi) is 8.86. The first-order valence-electron chi connectivity index (χ1n) is 11.9. The molecule has 4 N–H and O–H groups in total. The lowest BCUT2D eigenvalue weighted by Gasteiger charge is -2.18.